The number of fused-ring (bicyclic) bond motifs is 2. The number of carbonyl (C=O) groups excluding carboxylic acids is 1. The summed E-state index contributed by atoms with van der Waals surface area (Å²) < 4.78 is 3.79. The van der Waals surface area contributed by atoms with Gasteiger partial charge in [0.1, 0.15) is 5.65 Å². The lowest BCUT2D eigenvalue weighted by molar-refractivity contribution is 0.0950. The molecule has 0 saturated carbocycles. The molecule has 0 aromatic carbocycles. The Morgan fingerprint density at radius 3 is 3.00 bits per heavy atom. The van der Waals surface area contributed by atoms with Crippen LogP contribution >= 0.6 is 23.2 Å². The predicted molar refractivity (Wildman–Crippen MR) is 118 cm³/mol. The number of aryl methyl sites for hydroxylation is 1. The van der Waals surface area contributed by atoms with Gasteiger partial charge in [-0.15, -0.1) is 0 Å². The van der Waals surface area contributed by atoms with Gasteiger partial charge in [-0.2, -0.15) is 5.10 Å². The summed E-state index contributed by atoms with van der Waals surface area (Å²) in [6, 6.07) is 7.29. The molecule has 0 unspecified atom stereocenters. The minimum absolute atomic E-state index is 0.241. The molecule has 0 atom stereocenters. The number of hydrogen-bond donors (Lipinski definition) is 2. The first-order valence-corrected chi connectivity index (χ1v) is 10.3. The van der Waals surface area contributed by atoms with E-state index in [-0.39, 0.29) is 12.5 Å². The minimum Gasteiger partial charge on any atom is -0.346 e. The Morgan fingerprint density at radius 1 is 1.26 bits per heavy atom. The molecular weight excluding hydrogens is 437 g/mol. The predicted octanol–water partition coefficient (Wildman–Crippen LogP) is 3.84. The van der Waals surface area contributed by atoms with Gasteiger partial charge in [0.15, 0.2) is 0 Å². The van der Waals surface area contributed by atoms with E-state index in [1.54, 1.807) is 12.4 Å². The van der Waals surface area contributed by atoms with Crippen LogP contribution in [0.5, 0.6) is 0 Å². The quantitative estimate of drug-likeness (QED) is 0.422. The molecule has 156 valence electrons. The van der Waals surface area contributed by atoms with E-state index in [0.29, 0.717) is 27.7 Å². The zero-order chi connectivity index (χ0) is 21.5. The summed E-state index contributed by atoms with van der Waals surface area (Å²) in [5, 5.41) is 11.2. The molecule has 2 N–H and O–H groups in total. The molecule has 5 heterocycles. The molecule has 0 saturated heterocycles. The molecule has 0 aliphatic heterocycles. The van der Waals surface area contributed by atoms with Gasteiger partial charge < -0.3 is 14.1 Å². The monoisotopic (exact) mass is 453 g/mol. The van der Waals surface area contributed by atoms with Crippen molar-refractivity contribution < 1.29 is 4.79 Å². The van der Waals surface area contributed by atoms with Gasteiger partial charge in [0.25, 0.3) is 5.91 Å². The second kappa shape index (κ2) is 7.72. The van der Waals surface area contributed by atoms with Crippen molar-refractivity contribution in [1.82, 2.24) is 34.3 Å². The number of aromatic amines is 1. The molecule has 0 aliphatic carbocycles. The maximum Gasteiger partial charge on any atom is 0.255 e. The third kappa shape index (κ3) is 3.64. The van der Waals surface area contributed by atoms with E-state index < -0.39 is 0 Å². The Kier molecular flexibility index (Phi) is 4.88. The summed E-state index contributed by atoms with van der Waals surface area (Å²) in [6.45, 7) is 2.20. The number of amides is 1. The number of halogens is 2. The van der Waals surface area contributed by atoms with Crippen molar-refractivity contribution in [2.75, 3.05) is 0 Å². The highest BCUT2D eigenvalue weighted by Gasteiger charge is 2.17. The molecule has 5 aromatic heterocycles. The molecule has 10 heteroatoms. The molecule has 31 heavy (non-hydrogen) atoms. The normalized spacial score (nSPS) is 11.5. The second-order valence-electron chi connectivity index (χ2n) is 7.18. The van der Waals surface area contributed by atoms with E-state index in [4.69, 9.17) is 23.2 Å². The molecule has 5 aromatic rings. The molecule has 8 nitrogen and oxygen atoms in total. The molecule has 1 amide bonds. The number of aromatic nitrogens is 6. The van der Waals surface area contributed by atoms with Crippen molar-refractivity contribution in [2.24, 2.45) is 0 Å². The molecular formula is C21H17Cl2N7O. The highest BCUT2D eigenvalue weighted by molar-refractivity contribution is 6.31. The van der Waals surface area contributed by atoms with Crippen molar-refractivity contribution in [2.45, 2.75) is 19.9 Å². The Hall–Kier alpha value is -3.36. The maximum absolute atomic E-state index is 12.8. The van der Waals surface area contributed by atoms with Crippen LogP contribution in [0.4, 0.5) is 0 Å². The minimum atomic E-state index is -0.241. The number of H-pyrrole nitrogens is 1. The third-order valence-electron chi connectivity index (χ3n) is 5.19. The maximum atomic E-state index is 12.8. The molecule has 0 radical (unpaired) electrons. The fourth-order valence-corrected chi connectivity index (χ4v) is 3.85. The van der Waals surface area contributed by atoms with Crippen LogP contribution in [0.25, 0.3) is 11.2 Å². The van der Waals surface area contributed by atoms with Crippen molar-refractivity contribution >= 4 is 40.3 Å². The molecule has 0 fully saturated rings. The van der Waals surface area contributed by atoms with Crippen LogP contribution < -0.4 is 5.32 Å². The molecule has 0 spiro atoms. The fraction of sp³-hybridized carbons (Fsp3) is 0.143. The van der Waals surface area contributed by atoms with E-state index in [9.17, 15) is 4.79 Å². The number of nitrogens with one attached hydrogen (secondary N) is 2. The van der Waals surface area contributed by atoms with Crippen LogP contribution in [0.3, 0.4) is 0 Å². The third-order valence-corrected chi connectivity index (χ3v) is 5.82. The van der Waals surface area contributed by atoms with Gasteiger partial charge >= 0.3 is 0 Å². The van der Waals surface area contributed by atoms with Crippen LogP contribution in [-0.2, 0) is 13.0 Å². The van der Waals surface area contributed by atoms with Crippen molar-refractivity contribution in [3.8, 4) is 0 Å². The van der Waals surface area contributed by atoms with Gasteiger partial charge in [0.2, 0.25) is 0 Å². The average Bonchev–Trinajstić information content (AvgIpc) is 3.48. The summed E-state index contributed by atoms with van der Waals surface area (Å²) in [7, 11) is 0. The zero-order valence-electron chi connectivity index (χ0n) is 16.4. The summed E-state index contributed by atoms with van der Waals surface area (Å²) in [4.78, 5) is 21.8. The lowest BCUT2D eigenvalue weighted by atomic mass is 10.1. The summed E-state index contributed by atoms with van der Waals surface area (Å²) in [6.07, 6.45) is 7.39. The topological polar surface area (TPSA) is 92.4 Å². The van der Waals surface area contributed by atoms with Gasteiger partial charge in [-0.3, -0.25) is 9.89 Å². The van der Waals surface area contributed by atoms with Crippen LogP contribution in [0.15, 0.2) is 49.2 Å². The van der Waals surface area contributed by atoms with Crippen LogP contribution in [-0.4, -0.2) is 34.9 Å². The Balaban J connectivity index is 1.34. The summed E-state index contributed by atoms with van der Waals surface area (Å²) >= 11 is 12.3. The largest absolute Gasteiger partial charge is 0.346 e. The first-order valence-electron chi connectivity index (χ1n) is 9.54. The number of imidazole rings is 2. The lowest BCUT2D eigenvalue weighted by Crippen LogP contribution is -2.23. The number of hydrogen-bond acceptors (Lipinski definition) is 4. The molecule has 0 aliphatic rings. The van der Waals surface area contributed by atoms with Crippen molar-refractivity contribution in [3.63, 3.8) is 0 Å². The van der Waals surface area contributed by atoms with Gasteiger partial charge in [0.05, 0.1) is 52.3 Å². The highest BCUT2D eigenvalue weighted by atomic mass is 35.5. The smallest absolute Gasteiger partial charge is 0.255 e. The van der Waals surface area contributed by atoms with Crippen molar-refractivity contribution in [3.05, 3.63) is 87.6 Å². The fourth-order valence-electron chi connectivity index (χ4n) is 3.54. The summed E-state index contributed by atoms with van der Waals surface area (Å²) in [5.74, 6) is -0.241. The van der Waals surface area contributed by atoms with Crippen LogP contribution in [0, 0.1) is 6.92 Å². The molecule has 5 rings (SSSR count). The van der Waals surface area contributed by atoms with Gasteiger partial charge in [-0.05, 0) is 31.2 Å². The first kappa shape index (κ1) is 19.6. The zero-order valence-corrected chi connectivity index (χ0v) is 17.9. The second-order valence-corrected chi connectivity index (χ2v) is 8.02. The molecule has 0 bridgehead atoms. The highest BCUT2D eigenvalue weighted by Crippen LogP contribution is 2.20. The van der Waals surface area contributed by atoms with E-state index >= 15 is 0 Å². The summed E-state index contributed by atoms with van der Waals surface area (Å²) in [5.41, 5.74) is 5.24. The van der Waals surface area contributed by atoms with Gasteiger partial charge in [-0.1, -0.05) is 23.2 Å². The number of carbonyl (C=O) groups is 1. The van der Waals surface area contributed by atoms with Crippen LogP contribution in [0.2, 0.25) is 10.0 Å². The van der Waals surface area contributed by atoms with Gasteiger partial charge in [0, 0.05) is 29.5 Å². The number of nitrogens with zero attached hydrogens (tertiary/aromatic N) is 5. The Bertz CT molecular complexity index is 1430. The number of pyridine rings is 2. The van der Waals surface area contributed by atoms with Crippen LogP contribution in [0.1, 0.15) is 33.1 Å². The number of rotatable bonds is 5. The first-order chi connectivity index (χ1) is 15.0. The van der Waals surface area contributed by atoms with Gasteiger partial charge in [-0.25, -0.2) is 9.97 Å². The van der Waals surface area contributed by atoms with E-state index in [2.05, 4.69) is 25.5 Å². The van der Waals surface area contributed by atoms with E-state index in [1.807, 2.05) is 46.3 Å². The Morgan fingerprint density at radius 2 is 2.13 bits per heavy atom. The van der Waals surface area contributed by atoms with Crippen molar-refractivity contribution in [1.29, 1.82) is 0 Å². The van der Waals surface area contributed by atoms with E-state index in [0.717, 1.165) is 28.2 Å². The SMILES string of the molecule is Cc1c(Cl)ccc2nc(Cc3[nH]ncc3C(=O)NCc3ncn4ccc(Cl)cc34)cn12. The lowest BCUT2D eigenvalue weighted by Gasteiger charge is -2.04. The Labute approximate surface area is 186 Å². The standard InChI is InChI=1S/C21H17Cl2N7O/c1-12-16(23)2-3-20-27-14(10-30(12)20)7-17-15(8-26-28-17)21(31)24-9-18-19-6-13(22)4-5-29(19)11-25-18/h2-6,8,10-11H,7,9H2,1H3,(H,24,31)(H,26,28). The van der Waals surface area contributed by atoms with E-state index in [1.165, 1.54) is 6.20 Å². The average molecular weight is 454 g/mol.